The number of hydrogen-bond acceptors (Lipinski definition) is 1. The fourth-order valence-electron chi connectivity index (χ4n) is 1.40. The lowest BCUT2D eigenvalue weighted by atomic mass is 10.1. The number of halogens is 2. The Bertz CT molecular complexity index is 451. The van der Waals surface area contributed by atoms with Gasteiger partial charge in [-0.3, -0.25) is 4.79 Å². The lowest BCUT2D eigenvalue weighted by Gasteiger charge is -2.12. The van der Waals surface area contributed by atoms with Crippen LogP contribution in [0.2, 0.25) is 10.0 Å². The number of terminal acetylenes is 1. The predicted octanol–water partition coefficient (Wildman–Crippen LogP) is 3.53. The molecule has 17 heavy (non-hydrogen) atoms. The van der Waals surface area contributed by atoms with Gasteiger partial charge in [-0.05, 0) is 24.6 Å². The van der Waals surface area contributed by atoms with E-state index in [0.29, 0.717) is 15.6 Å². The quantitative estimate of drug-likeness (QED) is 0.833. The highest BCUT2D eigenvalue weighted by Crippen LogP contribution is 2.20. The highest BCUT2D eigenvalue weighted by molar-refractivity contribution is 6.36. The van der Waals surface area contributed by atoms with E-state index in [4.69, 9.17) is 29.6 Å². The summed E-state index contributed by atoms with van der Waals surface area (Å²) in [5.41, 5.74) is 0.382. The zero-order valence-corrected chi connectivity index (χ0v) is 11.0. The minimum Gasteiger partial charge on any atom is -0.338 e. The third-order valence-electron chi connectivity index (χ3n) is 2.26. The van der Waals surface area contributed by atoms with Crippen LogP contribution < -0.4 is 5.32 Å². The van der Waals surface area contributed by atoms with E-state index in [0.717, 1.165) is 12.8 Å². The van der Waals surface area contributed by atoms with Gasteiger partial charge >= 0.3 is 0 Å². The lowest BCUT2D eigenvalue weighted by Crippen LogP contribution is -2.33. The van der Waals surface area contributed by atoms with Crippen LogP contribution in [0.1, 0.15) is 30.1 Å². The first-order chi connectivity index (χ1) is 8.08. The van der Waals surface area contributed by atoms with E-state index in [1.54, 1.807) is 12.1 Å². The van der Waals surface area contributed by atoms with Crippen molar-refractivity contribution in [3.63, 3.8) is 0 Å². The predicted molar refractivity (Wildman–Crippen MR) is 71.5 cm³/mol. The van der Waals surface area contributed by atoms with E-state index >= 15 is 0 Å². The molecule has 1 amide bonds. The molecule has 4 heteroatoms. The number of rotatable bonds is 4. The second-order valence-corrected chi connectivity index (χ2v) is 4.45. The Balaban J connectivity index is 2.79. The topological polar surface area (TPSA) is 29.1 Å². The van der Waals surface area contributed by atoms with Crippen molar-refractivity contribution in [2.24, 2.45) is 0 Å². The van der Waals surface area contributed by atoms with E-state index < -0.39 is 0 Å². The second-order valence-electron chi connectivity index (χ2n) is 3.61. The first kappa shape index (κ1) is 13.9. The van der Waals surface area contributed by atoms with Gasteiger partial charge in [-0.25, -0.2) is 0 Å². The third-order valence-corrected chi connectivity index (χ3v) is 2.81. The summed E-state index contributed by atoms with van der Waals surface area (Å²) in [5.74, 6) is 2.26. The van der Waals surface area contributed by atoms with Gasteiger partial charge in [0.15, 0.2) is 0 Å². The molecule has 0 aliphatic heterocycles. The van der Waals surface area contributed by atoms with Crippen molar-refractivity contribution in [3.05, 3.63) is 33.8 Å². The number of hydrogen-bond donors (Lipinski definition) is 1. The zero-order chi connectivity index (χ0) is 12.8. The molecule has 0 spiro atoms. The van der Waals surface area contributed by atoms with Crippen LogP contribution in [0.25, 0.3) is 0 Å². The molecule has 0 aliphatic carbocycles. The summed E-state index contributed by atoms with van der Waals surface area (Å²) in [6.45, 7) is 2.01. The molecule has 2 nitrogen and oxygen atoms in total. The lowest BCUT2D eigenvalue weighted by molar-refractivity contribution is 0.0944. The van der Waals surface area contributed by atoms with Crippen LogP contribution in [0.5, 0.6) is 0 Å². The SMILES string of the molecule is C#CC(CCC)NC(=O)c1ccc(Cl)cc1Cl. The van der Waals surface area contributed by atoms with Gasteiger partial charge < -0.3 is 5.32 Å². The molecule has 0 aromatic heterocycles. The molecule has 1 N–H and O–H groups in total. The first-order valence-corrected chi connectivity index (χ1v) is 6.06. The summed E-state index contributed by atoms with van der Waals surface area (Å²) in [4.78, 5) is 11.9. The number of benzene rings is 1. The molecule has 90 valence electrons. The average Bonchev–Trinajstić information content (AvgIpc) is 2.28. The number of carbonyl (C=O) groups is 1. The van der Waals surface area contributed by atoms with E-state index in [1.165, 1.54) is 6.07 Å². The average molecular weight is 270 g/mol. The molecule has 0 radical (unpaired) electrons. The molecule has 0 saturated heterocycles. The highest BCUT2D eigenvalue weighted by Gasteiger charge is 2.13. The van der Waals surface area contributed by atoms with Crippen LogP contribution >= 0.6 is 23.2 Å². The molecule has 0 heterocycles. The van der Waals surface area contributed by atoms with Crippen molar-refractivity contribution in [1.29, 1.82) is 0 Å². The highest BCUT2D eigenvalue weighted by atomic mass is 35.5. The number of nitrogens with one attached hydrogen (secondary N) is 1. The summed E-state index contributed by atoms with van der Waals surface area (Å²) in [7, 11) is 0. The minimum absolute atomic E-state index is 0.265. The molecule has 1 aromatic rings. The van der Waals surface area contributed by atoms with Gasteiger partial charge in [0.1, 0.15) is 0 Å². The van der Waals surface area contributed by atoms with Gasteiger partial charge in [-0.15, -0.1) is 6.42 Å². The Morgan fingerprint density at radius 2 is 2.24 bits per heavy atom. The van der Waals surface area contributed by atoms with Crippen LogP contribution in [0.4, 0.5) is 0 Å². The molecular weight excluding hydrogens is 257 g/mol. The van der Waals surface area contributed by atoms with Crippen LogP contribution in [0, 0.1) is 12.3 Å². The zero-order valence-electron chi connectivity index (χ0n) is 9.47. The van der Waals surface area contributed by atoms with Gasteiger partial charge in [0.2, 0.25) is 0 Å². The molecule has 0 saturated carbocycles. The van der Waals surface area contributed by atoms with Crippen LogP contribution in [0.15, 0.2) is 18.2 Å². The Hall–Kier alpha value is -1.17. The maximum atomic E-state index is 11.9. The molecular formula is C13H13Cl2NO. The molecule has 0 fully saturated rings. The van der Waals surface area contributed by atoms with Crippen molar-refractivity contribution in [3.8, 4) is 12.3 Å². The Morgan fingerprint density at radius 1 is 1.53 bits per heavy atom. The molecule has 0 aliphatic rings. The number of carbonyl (C=O) groups excluding carboxylic acids is 1. The normalized spacial score (nSPS) is 11.6. The standard InChI is InChI=1S/C13H13Cl2NO/c1-3-5-10(4-2)16-13(17)11-7-6-9(14)8-12(11)15/h2,6-8,10H,3,5H2,1H3,(H,16,17). The van der Waals surface area contributed by atoms with Gasteiger partial charge in [0, 0.05) is 5.02 Å². The van der Waals surface area contributed by atoms with E-state index in [-0.39, 0.29) is 11.9 Å². The summed E-state index contributed by atoms with van der Waals surface area (Å²) >= 11 is 11.7. The maximum absolute atomic E-state index is 11.9. The van der Waals surface area contributed by atoms with E-state index in [1.807, 2.05) is 6.92 Å². The second kappa shape index (κ2) is 6.54. The fraction of sp³-hybridized carbons (Fsp3) is 0.308. The van der Waals surface area contributed by atoms with E-state index in [9.17, 15) is 4.79 Å². The summed E-state index contributed by atoms with van der Waals surface area (Å²) in [6.07, 6.45) is 6.98. The van der Waals surface area contributed by atoms with Gasteiger partial charge in [0.25, 0.3) is 5.91 Å². The molecule has 0 bridgehead atoms. The largest absolute Gasteiger partial charge is 0.338 e. The summed E-state index contributed by atoms with van der Waals surface area (Å²) < 4.78 is 0. The van der Waals surface area contributed by atoms with Crippen molar-refractivity contribution < 1.29 is 4.79 Å². The van der Waals surface area contributed by atoms with Crippen molar-refractivity contribution in [2.75, 3.05) is 0 Å². The monoisotopic (exact) mass is 269 g/mol. The van der Waals surface area contributed by atoms with Gasteiger partial charge in [-0.2, -0.15) is 0 Å². The van der Waals surface area contributed by atoms with Crippen LogP contribution in [0.3, 0.4) is 0 Å². The third kappa shape index (κ3) is 3.96. The molecule has 1 aromatic carbocycles. The Kier molecular flexibility index (Phi) is 5.34. The Morgan fingerprint density at radius 3 is 2.76 bits per heavy atom. The minimum atomic E-state index is -0.275. The van der Waals surface area contributed by atoms with Gasteiger partial charge in [0.05, 0.1) is 16.6 Å². The smallest absolute Gasteiger partial charge is 0.253 e. The fourth-order valence-corrected chi connectivity index (χ4v) is 1.89. The summed E-state index contributed by atoms with van der Waals surface area (Å²) in [6, 6.07) is 4.47. The van der Waals surface area contributed by atoms with Crippen molar-refractivity contribution in [2.45, 2.75) is 25.8 Å². The number of amides is 1. The molecule has 1 unspecified atom stereocenters. The molecule has 1 rings (SSSR count). The Labute approximate surface area is 111 Å². The first-order valence-electron chi connectivity index (χ1n) is 5.30. The van der Waals surface area contributed by atoms with Crippen molar-refractivity contribution >= 4 is 29.1 Å². The molecule has 1 atom stereocenters. The van der Waals surface area contributed by atoms with Crippen LogP contribution in [-0.4, -0.2) is 11.9 Å². The van der Waals surface area contributed by atoms with Crippen LogP contribution in [-0.2, 0) is 0 Å². The summed E-state index contributed by atoms with van der Waals surface area (Å²) in [5, 5.41) is 3.56. The van der Waals surface area contributed by atoms with Crippen molar-refractivity contribution in [1.82, 2.24) is 5.32 Å². The van der Waals surface area contributed by atoms with E-state index in [2.05, 4.69) is 11.2 Å². The maximum Gasteiger partial charge on any atom is 0.253 e. The van der Waals surface area contributed by atoms with Gasteiger partial charge in [-0.1, -0.05) is 42.5 Å².